The number of benzene rings is 1. The zero-order valence-electron chi connectivity index (χ0n) is 10.8. The van der Waals surface area contributed by atoms with Crippen molar-refractivity contribution in [2.75, 3.05) is 6.26 Å². The van der Waals surface area contributed by atoms with Gasteiger partial charge in [0.25, 0.3) is 0 Å². The first-order valence-corrected chi connectivity index (χ1v) is 8.33. The van der Waals surface area contributed by atoms with Crippen LogP contribution in [-0.2, 0) is 9.84 Å². The van der Waals surface area contributed by atoms with Gasteiger partial charge >= 0.3 is 5.97 Å². The molecule has 0 amide bonds. The number of ether oxygens (including phenoxy) is 1. The molecule has 0 aliphatic heterocycles. The maximum Gasteiger partial charge on any atom is 0.339 e. The summed E-state index contributed by atoms with van der Waals surface area (Å²) in [5, 5.41) is 9.13. The molecule has 0 aliphatic carbocycles. The maximum atomic E-state index is 11.7. The lowest BCUT2D eigenvalue weighted by Crippen LogP contribution is -2.04. The van der Waals surface area contributed by atoms with Gasteiger partial charge in [-0.3, -0.25) is 0 Å². The molecule has 0 aliphatic rings. The molecule has 1 N–H and O–H groups in total. The van der Waals surface area contributed by atoms with E-state index in [4.69, 9.17) is 9.84 Å². The first-order chi connectivity index (χ1) is 9.79. The van der Waals surface area contributed by atoms with E-state index >= 15 is 0 Å². The minimum atomic E-state index is -3.54. The topological polar surface area (TPSA) is 93.6 Å². The lowest BCUT2D eigenvalue weighted by Gasteiger charge is -2.11. The number of aromatic carboxylic acids is 1. The Labute approximate surface area is 129 Å². The number of hydrogen-bond acceptors (Lipinski definition) is 5. The molecule has 0 bridgehead atoms. The van der Waals surface area contributed by atoms with Gasteiger partial charge in [0.1, 0.15) is 16.2 Å². The maximum absolute atomic E-state index is 11.7. The van der Waals surface area contributed by atoms with Crippen LogP contribution in [0.15, 0.2) is 45.9 Å². The molecule has 0 saturated carbocycles. The fraction of sp³-hybridized carbons (Fsp3) is 0.0769. The Morgan fingerprint density at radius 3 is 2.67 bits per heavy atom. The van der Waals surface area contributed by atoms with Gasteiger partial charge in [-0.15, -0.1) is 0 Å². The molecule has 0 saturated heterocycles. The van der Waals surface area contributed by atoms with Crippen LogP contribution in [0.1, 0.15) is 10.4 Å². The van der Waals surface area contributed by atoms with Crippen molar-refractivity contribution in [1.82, 2.24) is 4.98 Å². The predicted molar refractivity (Wildman–Crippen MR) is 78.5 cm³/mol. The van der Waals surface area contributed by atoms with Crippen molar-refractivity contribution in [1.29, 1.82) is 0 Å². The average Bonchev–Trinajstić information content (AvgIpc) is 2.37. The first-order valence-electron chi connectivity index (χ1n) is 5.65. The molecule has 0 radical (unpaired) electrons. The Kier molecular flexibility index (Phi) is 4.29. The van der Waals surface area contributed by atoms with Crippen LogP contribution in [0.4, 0.5) is 0 Å². The number of hydrogen-bond donors (Lipinski definition) is 1. The highest BCUT2D eigenvalue weighted by atomic mass is 79.9. The van der Waals surface area contributed by atoms with E-state index in [1.165, 1.54) is 30.5 Å². The third-order valence-electron chi connectivity index (χ3n) is 2.52. The summed E-state index contributed by atoms with van der Waals surface area (Å²) in [6, 6.07) is 7.14. The molecule has 2 rings (SSSR count). The van der Waals surface area contributed by atoms with Gasteiger partial charge in [-0.25, -0.2) is 18.2 Å². The molecule has 0 unspecified atom stereocenters. The highest BCUT2D eigenvalue weighted by Gasteiger charge is 2.19. The van der Waals surface area contributed by atoms with E-state index in [-0.39, 0.29) is 22.1 Å². The molecule has 0 atom stereocenters. The summed E-state index contributed by atoms with van der Waals surface area (Å²) >= 11 is 3.21. The van der Waals surface area contributed by atoms with Crippen molar-refractivity contribution in [2.24, 2.45) is 0 Å². The van der Waals surface area contributed by atoms with E-state index in [0.29, 0.717) is 4.47 Å². The molecule has 21 heavy (non-hydrogen) atoms. The Morgan fingerprint density at radius 1 is 1.33 bits per heavy atom. The Bertz CT molecular complexity index is 804. The van der Waals surface area contributed by atoms with Gasteiger partial charge in [0.05, 0.1) is 0 Å². The Morgan fingerprint density at radius 2 is 2.05 bits per heavy atom. The average molecular weight is 372 g/mol. The fourth-order valence-corrected chi connectivity index (χ4v) is 2.67. The molecule has 0 spiro atoms. The number of pyridine rings is 1. The highest BCUT2D eigenvalue weighted by Crippen LogP contribution is 2.31. The van der Waals surface area contributed by atoms with E-state index in [1.54, 1.807) is 6.07 Å². The Hall–Kier alpha value is -1.93. The third kappa shape index (κ3) is 3.59. The highest BCUT2D eigenvalue weighted by molar-refractivity contribution is 9.10. The molecular formula is C13H10BrNO5S. The van der Waals surface area contributed by atoms with Gasteiger partial charge in [0.15, 0.2) is 9.84 Å². The van der Waals surface area contributed by atoms with E-state index in [9.17, 15) is 13.2 Å². The summed E-state index contributed by atoms with van der Waals surface area (Å²) < 4.78 is 29.4. The number of nitrogens with zero attached hydrogens (tertiary/aromatic N) is 1. The number of carbonyl (C=O) groups is 1. The summed E-state index contributed by atoms with van der Waals surface area (Å²) in [6.07, 6.45) is 2.39. The second kappa shape index (κ2) is 5.82. The van der Waals surface area contributed by atoms with Gasteiger partial charge in [-0.05, 0) is 30.3 Å². The number of halogens is 1. The number of sulfone groups is 1. The van der Waals surface area contributed by atoms with E-state index < -0.39 is 15.8 Å². The number of rotatable bonds is 4. The van der Waals surface area contributed by atoms with Crippen molar-refractivity contribution in [3.63, 3.8) is 0 Å². The molecule has 1 heterocycles. The summed E-state index contributed by atoms with van der Waals surface area (Å²) in [5.74, 6) is -1.35. The van der Waals surface area contributed by atoms with Crippen molar-refractivity contribution in [3.8, 4) is 11.6 Å². The molecule has 2 aromatic rings. The Balaban J connectivity index is 2.54. The molecule has 1 aromatic carbocycles. The van der Waals surface area contributed by atoms with E-state index in [2.05, 4.69) is 20.9 Å². The quantitative estimate of drug-likeness (QED) is 0.887. The third-order valence-corrected chi connectivity index (χ3v) is 4.12. The largest absolute Gasteiger partial charge is 0.478 e. The molecule has 110 valence electrons. The summed E-state index contributed by atoms with van der Waals surface area (Å²) in [7, 11) is -3.54. The van der Waals surface area contributed by atoms with Crippen molar-refractivity contribution >= 4 is 31.7 Å². The van der Waals surface area contributed by atoms with Crippen LogP contribution in [0.25, 0.3) is 0 Å². The van der Waals surface area contributed by atoms with Gasteiger partial charge in [-0.1, -0.05) is 15.9 Å². The van der Waals surface area contributed by atoms with Gasteiger partial charge in [0.2, 0.25) is 5.88 Å². The van der Waals surface area contributed by atoms with Crippen LogP contribution in [0.2, 0.25) is 0 Å². The molecular weight excluding hydrogens is 362 g/mol. The van der Waals surface area contributed by atoms with Gasteiger partial charge in [-0.2, -0.15) is 0 Å². The smallest absolute Gasteiger partial charge is 0.339 e. The standard InChI is InChI=1S/C13H10BrNO5S/c1-21(18,19)11-3-2-6-15-12(11)20-10-7-8(14)4-5-9(10)13(16)17/h2-7H,1H3,(H,16,17). The normalized spacial score (nSPS) is 11.1. The second-order valence-corrected chi connectivity index (χ2v) is 7.03. The lowest BCUT2D eigenvalue weighted by molar-refractivity contribution is 0.0694. The lowest BCUT2D eigenvalue weighted by atomic mass is 10.2. The summed E-state index contributed by atoms with van der Waals surface area (Å²) in [5.41, 5.74) is -0.0942. The van der Waals surface area contributed by atoms with Crippen molar-refractivity contribution < 1.29 is 23.1 Å². The second-order valence-electron chi connectivity index (χ2n) is 4.13. The molecule has 0 fully saturated rings. The van der Waals surface area contributed by atoms with E-state index in [0.717, 1.165) is 6.26 Å². The monoisotopic (exact) mass is 371 g/mol. The van der Waals surface area contributed by atoms with Crippen LogP contribution < -0.4 is 4.74 Å². The van der Waals surface area contributed by atoms with Crippen LogP contribution in [0.5, 0.6) is 11.6 Å². The number of aromatic nitrogens is 1. The molecule has 6 nitrogen and oxygen atoms in total. The minimum Gasteiger partial charge on any atom is -0.478 e. The zero-order chi connectivity index (χ0) is 15.6. The number of carboxylic acid groups (broad SMARTS) is 1. The zero-order valence-corrected chi connectivity index (χ0v) is 13.2. The van der Waals surface area contributed by atoms with Crippen molar-refractivity contribution in [3.05, 3.63) is 46.6 Å². The van der Waals surface area contributed by atoms with Crippen LogP contribution in [0.3, 0.4) is 0 Å². The molecule has 8 heteroatoms. The fourth-order valence-electron chi connectivity index (χ4n) is 1.60. The first kappa shape index (κ1) is 15.5. The van der Waals surface area contributed by atoms with E-state index in [1.807, 2.05) is 0 Å². The van der Waals surface area contributed by atoms with Crippen LogP contribution in [-0.4, -0.2) is 30.7 Å². The SMILES string of the molecule is CS(=O)(=O)c1cccnc1Oc1cc(Br)ccc1C(=O)O. The van der Waals surface area contributed by atoms with Crippen LogP contribution in [0, 0.1) is 0 Å². The molecule has 1 aromatic heterocycles. The summed E-state index contributed by atoms with van der Waals surface area (Å²) in [4.78, 5) is 14.9. The van der Waals surface area contributed by atoms with Gasteiger partial charge < -0.3 is 9.84 Å². The van der Waals surface area contributed by atoms with Gasteiger partial charge in [0, 0.05) is 16.9 Å². The van der Waals surface area contributed by atoms with Crippen LogP contribution >= 0.6 is 15.9 Å². The summed E-state index contributed by atoms with van der Waals surface area (Å²) in [6.45, 7) is 0. The predicted octanol–water partition coefficient (Wildman–Crippen LogP) is 2.74. The minimum absolute atomic E-state index is 0.000440. The van der Waals surface area contributed by atoms with Crippen molar-refractivity contribution in [2.45, 2.75) is 4.90 Å². The number of carboxylic acids is 1.